The van der Waals surface area contributed by atoms with E-state index in [1.54, 1.807) is 64.0 Å². The van der Waals surface area contributed by atoms with Crippen LogP contribution in [0.5, 0.6) is 28.7 Å². The molecule has 3 fully saturated rings. The van der Waals surface area contributed by atoms with Gasteiger partial charge in [-0.05, 0) is 68.4 Å². The van der Waals surface area contributed by atoms with Crippen LogP contribution in [0, 0.1) is 17.8 Å². The van der Waals surface area contributed by atoms with Crippen molar-refractivity contribution < 1.29 is 76.4 Å². The number of hydrogen-bond donors (Lipinski definition) is 1. The number of ketones is 1. The SMILES string of the molecule is COc1cc(C2c3cc4c(cc3[C@@H](O[C@@H]3O[C@@H]5CO[C@@H](C)O[C@H]5[C@H](O)[C@H]3OC(=O)CCCC(=O)C(C)C)[C@H]3COC(=O)[C@H]23)OCO4)cc(OC)c1OC(=O)CN(C)C. The third kappa shape index (κ3) is 8.33. The van der Waals surface area contributed by atoms with E-state index < -0.39 is 78.8 Å². The van der Waals surface area contributed by atoms with Gasteiger partial charge in [0.1, 0.15) is 24.1 Å². The van der Waals surface area contributed by atoms with Crippen LogP contribution in [-0.4, -0.2) is 126 Å². The zero-order valence-electron chi connectivity index (χ0n) is 33.6. The number of rotatable bonds is 14. The lowest BCUT2D eigenvalue weighted by Gasteiger charge is -2.48. The second kappa shape index (κ2) is 17.4. The Kier molecular flexibility index (Phi) is 12.5. The Hall–Kier alpha value is -4.52. The van der Waals surface area contributed by atoms with E-state index in [1.807, 2.05) is 0 Å². The molecule has 1 N–H and O–H groups in total. The number of benzene rings is 2. The summed E-state index contributed by atoms with van der Waals surface area (Å²) >= 11 is 0. The minimum absolute atomic E-state index is 0.00982. The van der Waals surface area contributed by atoms with Gasteiger partial charge in [-0.15, -0.1) is 0 Å². The molecule has 3 saturated heterocycles. The van der Waals surface area contributed by atoms with Crippen molar-refractivity contribution in [1.82, 2.24) is 4.90 Å². The topological polar surface area (TPSA) is 193 Å². The van der Waals surface area contributed by atoms with E-state index in [0.717, 1.165) is 0 Å². The maximum Gasteiger partial charge on any atom is 0.325 e. The van der Waals surface area contributed by atoms with Gasteiger partial charge in [0.2, 0.25) is 12.5 Å². The first kappa shape index (κ1) is 41.6. The van der Waals surface area contributed by atoms with E-state index in [2.05, 4.69) is 0 Å². The quantitative estimate of drug-likeness (QED) is 0.216. The molecule has 7 rings (SSSR count). The van der Waals surface area contributed by atoms with Gasteiger partial charge >= 0.3 is 17.9 Å². The Morgan fingerprint density at radius 1 is 0.914 bits per heavy atom. The molecule has 316 valence electrons. The molecule has 1 aliphatic carbocycles. The Balaban J connectivity index is 1.26. The standard InChI is InChI=1S/C41H51NO16/c1-19(2)25(43)9-8-10-31(44)56-39-35(46)38-30(17-50-20(3)54-38)55-41(39)58-36-23-14-27-26(52-18-53-27)13-22(23)33(34-24(36)16-51-40(34)47)21-11-28(48-6)37(29(12-21)49-7)57-32(45)15-42(4)5/h11-14,19-20,24,30,33-36,38-39,41,46H,8-10,15-18H2,1-7H3/t20-,24+,30-,33?,34+,35+,36-,38-,39-,41+/m1/s1. The molecule has 2 aromatic carbocycles. The molecule has 1 unspecified atom stereocenters. The van der Waals surface area contributed by atoms with Gasteiger partial charge in [0, 0.05) is 30.6 Å². The summed E-state index contributed by atoms with van der Waals surface area (Å²) in [4.78, 5) is 53.8. The Morgan fingerprint density at radius 3 is 2.26 bits per heavy atom. The number of ether oxygens (including phenoxy) is 11. The van der Waals surface area contributed by atoms with E-state index in [9.17, 15) is 24.3 Å². The maximum atomic E-state index is 13.9. The lowest BCUT2D eigenvalue weighted by Crippen LogP contribution is -2.64. The number of aliphatic hydroxyl groups is 1. The summed E-state index contributed by atoms with van der Waals surface area (Å²) < 4.78 is 65.2. The fourth-order valence-electron chi connectivity index (χ4n) is 8.24. The maximum absolute atomic E-state index is 13.9. The number of esters is 3. The molecule has 17 nitrogen and oxygen atoms in total. The number of nitrogens with zero attached hydrogens (tertiary/aromatic N) is 1. The smallest absolute Gasteiger partial charge is 0.325 e. The first-order valence-corrected chi connectivity index (χ1v) is 19.5. The van der Waals surface area contributed by atoms with Crippen molar-refractivity contribution >= 4 is 23.7 Å². The fourth-order valence-corrected chi connectivity index (χ4v) is 8.24. The highest BCUT2D eigenvalue weighted by molar-refractivity contribution is 5.81. The molecule has 5 aliphatic rings. The van der Waals surface area contributed by atoms with E-state index in [-0.39, 0.29) is 74.8 Å². The number of carbonyl (C=O) groups excluding carboxylic acids is 4. The zero-order valence-corrected chi connectivity index (χ0v) is 33.6. The molecule has 58 heavy (non-hydrogen) atoms. The van der Waals surface area contributed by atoms with Crippen molar-refractivity contribution in [3.63, 3.8) is 0 Å². The van der Waals surface area contributed by atoms with Gasteiger partial charge in [-0.2, -0.15) is 0 Å². The highest BCUT2D eigenvalue weighted by atomic mass is 16.8. The predicted octanol–water partition coefficient (Wildman–Crippen LogP) is 3.05. The Morgan fingerprint density at radius 2 is 1.60 bits per heavy atom. The molecule has 0 aromatic heterocycles. The normalized spacial score (nSPS) is 29.6. The third-order valence-corrected chi connectivity index (χ3v) is 11.1. The van der Waals surface area contributed by atoms with E-state index in [0.29, 0.717) is 28.2 Å². The van der Waals surface area contributed by atoms with Crippen LogP contribution >= 0.6 is 0 Å². The number of hydrogen-bond acceptors (Lipinski definition) is 17. The molecule has 0 saturated carbocycles. The van der Waals surface area contributed by atoms with Gasteiger partial charge in [-0.3, -0.25) is 24.1 Å². The molecule has 17 heteroatoms. The van der Waals surface area contributed by atoms with Gasteiger partial charge in [0.25, 0.3) is 0 Å². The summed E-state index contributed by atoms with van der Waals surface area (Å²) in [7, 11) is 6.35. The van der Waals surface area contributed by atoms with Crippen LogP contribution in [0.25, 0.3) is 0 Å². The summed E-state index contributed by atoms with van der Waals surface area (Å²) in [5.74, 6) is -2.58. The molecule has 0 radical (unpaired) electrons. The van der Waals surface area contributed by atoms with E-state index in [1.165, 1.54) is 14.2 Å². The van der Waals surface area contributed by atoms with Gasteiger partial charge in [-0.1, -0.05) is 13.8 Å². The summed E-state index contributed by atoms with van der Waals surface area (Å²) in [5, 5.41) is 11.7. The minimum Gasteiger partial charge on any atom is -0.493 e. The second-order valence-electron chi connectivity index (χ2n) is 15.6. The van der Waals surface area contributed by atoms with E-state index >= 15 is 0 Å². The number of Topliss-reactive ketones (excluding diaryl/α,β-unsaturated/α-hetero) is 1. The summed E-state index contributed by atoms with van der Waals surface area (Å²) in [6.07, 6.45) is -6.97. The van der Waals surface area contributed by atoms with Crippen molar-refractivity contribution in [1.29, 1.82) is 0 Å². The number of cyclic esters (lactones) is 1. The van der Waals surface area contributed by atoms with Crippen molar-refractivity contribution in [2.75, 3.05) is 54.9 Å². The van der Waals surface area contributed by atoms with Gasteiger partial charge < -0.3 is 57.2 Å². The molecule has 0 bridgehead atoms. The van der Waals surface area contributed by atoms with Crippen molar-refractivity contribution in [2.24, 2.45) is 17.8 Å². The van der Waals surface area contributed by atoms with Crippen LogP contribution in [0.15, 0.2) is 24.3 Å². The fraction of sp³-hybridized carbons (Fsp3) is 0.610. The van der Waals surface area contributed by atoms with Crippen LogP contribution in [0.1, 0.15) is 68.7 Å². The van der Waals surface area contributed by atoms with Gasteiger partial charge in [0.05, 0.1) is 46.0 Å². The third-order valence-electron chi connectivity index (χ3n) is 11.1. The van der Waals surface area contributed by atoms with Gasteiger partial charge in [0.15, 0.2) is 41.7 Å². The minimum atomic E-state index is -1.38. The first-order valence-electron chi connectivity index (χ1n) is 19.5. The van der Waals surface area contributed by atoms with Crippen molar-refractivity contribution in [3.8, 4) is 28.7 Å². The predicted molar refractivity (Wildman–Crippen MR) is 198 cm³/mol. The average molecular weight is 814 g/mol. The molecule has 0 spiro atoms. The van der Waals surface area contributed by atoms with Crippen LogP contribution < -0.4 is 23.7 Å². The lowest BCUT2D eigenvalue weighted by molar-refractivity contribution is -0.365. The van der Waals surface area contributed by atoms with Crippen molar-refractivity contribution in [3.05, 3.63) is 41.0 Å². The lowest BCUT2D eigenvalue weighted by atomic mass is 9.66. The average Bonchev–Trinajstić information content (AvgIpc) is 3.81. The largest absolute Gasteiger partial charge is 0.493 e. The molecular formula is C41H51NO16. The number of aliphatic hydroxyl groups excluding tert-OH is 1. The van der Waals surface area contributed by atoms with E-state index in [4.69, 9.17) is 52.1 Å². The highest BCUT2D eigenvalue weighted by Gasteiger charge is 2.57. The molecule has 10 atom stereocenters. The number of likely N-dealkylation sites (N-methyl/N-ethyl adjacent to an activating group) is 1. The first-order chi connectivity index (χ1) is 27.8. The second-order valence-corrected chi connectivity index (χ2v) is 15.6. The monoisotopic (exact) mass is 813 g/mol. The summed E-state index contributed by atoms with van der Waals surface area (Å²) in [5.41, 5.74) is 1.83. The number of fused-ring (bicyclic) bond motifs is 4. The van der Waals surface area contributed by atoms with Crippen LogP contribution in [0.3, 0.4) is 0 Å². The highest BCUT2D eigenvalue weighted by Crippen LogP contribution is 2.57. The van der Waals surface area contributed by atoms with Crippen molar-refractivity contribution in [2.45, 2.75) is 89.1 Å². The Bertz CT molecular complexity index is 1860. The summed E-state index contributed by atoms with van der Waals surface area (Å²) in [6, 6.07) is 6.96. The molecule has 4 heterocycles. The number of carbonyl (C=O) groups is 4. The molecule has 2 aromatic rings. The van der Waals surface area contributed by atoms with Crippen LogP contribution in [0.4, 0.5) is 0 Å². The molecule has 4 aliphatic heterocycles. The zero-order chi connectivity index (χ0) is 41.4. The van der Waals surface area contributed by atoms with Crippen LogP contribution in [0.2, 0.25) is 0 Å². The molecular weight excluding hydrogens is 762 g/mol. The van der Waals surface area contributed by atoms with Gasteiger partial charge in [-0.25, -0.2) is 0 Å². The number of methoxy groups -OCH3 is 2. The molecule has 0 amide bonds. The summed E-state index contributed by atoms with van der Waals surface area (Å²) in [6.45, 7) is 5.30. The Labute approximate surface area is 335 Å². The van der Waals surface area contributed by atoms with Crippen LogP contribution in [-0.2, 0) is 47.6 Å².